The normalized spacial score (nSPS) is 17.9. The summed E-state index contributed by atoms with van der Waals surface area (Å²) in [5.41, 5.74) is 2.30. The first-order chi connectivity index (χ1) is 14.6. The molecule has 0 radical (unpaired) electrons. The van der Waals surface area contributed by atoms with Gasteiger partial charge >= 0.3 is 6.09 Å². The van der Waals surface area contributed by atoms with E-state index in [9.17, 15) is 9.59 Å². The van der Waals surface area contributed by atoms with Crippen molar-refractivity contribution in [1.29, 1.82) is 0 Å². The number of rotatable bonds is 6. The van der Waals surface area contributed by atoms with E-state index >= 15 is 0 Å². The van der Waals surface area contributed by atoms with Gasteiger partial charge in [-0.25, -0.2) is 4.79 Å². The molecule has 2 N–H and O–H groups in total. The quantitative estimate of drug-likeness (QED) is 0.549. The number of amides is 2. The number of hydrogen-bond donors (Lipinski definition) is 2. The second-order valence-electron chi connectivity index (χ2n) is 7.77. The van der Waals surface area contributed by atoms with E-state index in [4.69, 9.17) is 4.74 Å². The lowest BCUT2D eigenvalue weighted by Gasteiger charge is -2.32. The highest BCUT2D eigenvalue weighted by atomic mass is 16.6. The van der Waals surface area contributed by atoms with Gasteiger partial charge < -0.3 is 25.2 Å². The summed E-state index contributed by atoms with van der Waals surface area (Å²) in [5.74, 6) is 1.00. The van der Waals surface area contributed by atoms with Crippen LogP contribution >= 0.6 is 0 Å². The third kappa shape index (κ3) is 6.11. The summed E-state index contributed by atoms with van der Waals surface area (Å²) in [6.45, 7) is 5.79. The summed E-state index contributed by atoms with van der Waals surface area (Å²) in [7, 11) is 1.76. The third-order valence-electron chi connectivity index (χ3n) is 5.58. The number of ether oxygens (including phenoxy) is 1. The molecule has 1 aromatic carbocycles. The Bertz CT molecular complexity index is 759. The molecule has 2 aliphatic rings. The van der Waals surface area contributed by atoms with Crippen LogP contribution in [0.5, 0.6) is 0 Å². The molecule has 0 unspecified atom stereocenters. The topological polar surface area (TPSA) is 86.3 Å². The number of nitrogens with zero attached hydrogens (tertiary/aromatic N) is 3. The smallest absolute Gasteiger partial charge is 0.409 e. The number of carbonyl (C=O) groups excluding carboxylic acids is 2. The van der Waals surface area contributed by atoms with Crippen LogP contribution < -0.4 is 10.6 Å². The monoisotopic (exact) mass is 415 g/mol. The van der Waals surface area contributed by atoms with Gasteiger partial charge in [-0.1, -0.05) is 24.3 Å². The summed E-state index contributed by atoms with van der Waals surface area (Å²) in [5, 5.41) is 6.82. The number of piperidine rings is 1. The van der Waals surface area contributed by atoms with Gasteiger partial charge in [-0.2, -0.15) is 0 Å². The van der Waals surface area contributed by atoms with Crippen molar-refractivity contribution >= 4 is 18.0 Å². The number of hydrogen-bond acceptors (Lipinski definition) is 4. The van der Waals surface area contributed by atoms with Crippen molar-refractivity contribution in [3.05, 3.63) is 35.4 Å². The van der Waals surface area contributed by atoms with Gasteiger partial charge in [0.1, 0.15) is 0 Å². The maximum absolute atomic E-state index is 11.9. The van der Waals surface area contributed by atoms with E-state index in [1.807, 2.05) is 17.9 Å². The van der Waals surface area contributed by atoms with Crippen LogP contribution in [0.15, 0.2) is 29.3 Å². The molecule has 2 aliphatic heterocycles. The van der Waals surface area contributed by atoms with E-state index < -0.39 is 0 Å². The second kappa shape index (κ2) is 10.8. The zero-order valence-corrected chi connectivity index (χ0v) is 18.0. The zero-order valence-electron chi connectivity index (χ0n) is 18.0. The first kappa shape index (κ1) is 21.9. The highest BCUT2D eigenvalue weighted by Gasteiger charge is 2.24. The Labute approximate surface area is 178 Å². The van der Waals surface area contributed by atoms with Crippen LogP contribution in [0.2, 0.25) is 0 Å². The molecule has 3 rings (SSSR count). The Hall–Kier alpha value is -2.77. The molecule has 2 saturated heterocycles. The minimum Gasteiger partial charge on any atom is -0.450 e. The molecule has 1 aromatic rings. The fourth-order valence-corrected chi connectivity index (χ4v) is 3.92. The fourth-order valence-electron chi connectivity index (χ4n) is 3.92. The molecule has 2 fully saturated rings. The molecule has 2 heterocycles. The van der Waals surface area contributed by atoms with Crippen molar-refractivity contribution in [2.75, 3.05) is 33.3 Å². The van der Waals surface area contributed by atoms with Gasteiger partial charge in [-0.3, -0.25) is 9.79 Å². The molecule has 0 aliphatic carbocycles. The van der Waals surface area contributed by atoms with Crippen molar-refractivity contribution in [2.45, 2.75) is 51.7 Å². The maximum atomic E-state index is 11.9. The van der Waals surface area contributed by atoms with Crippen LogP contribution in [-0.4, -0.2) is 67.1 Å². The Balaban J connectivity index is 1.45. The van der Waals surface area contributed by atoms with Crippen molar-refractivity contribution in [3.8, 4) is 0 Å². The predicted octanol–water partition coefficient (Wildman–Crippen LogP) is 2.09. The average molecular weight is 416 g/mol. The number of carbonyl (C=O) groups is 2. The predicted molar refractivity (Wildman–Crippen MR) is 116 cm³/mol. The highest BCUT2D eigenvalue weighted by molar-refractivity contribution is 5.80. The van der Waals surface area contributed by atoms with Gasteiger partial charge in [0.25, 0.3) is 0 Å². The summed E-state index contributed by atoms with van der Waals surface area (Å²) >= 11 is 0. The van der Waals surface area contributed by atoms with Crippen LogP contribution in [0.3, 0.4) is 0 Å². The summed E-state index contributed by atoms with van der Waals surface area (Å²) in [6, 6.07) is 8.60. The van der Waals surface area contributed by atoms with Crippen LogP contribution in [-0.2, 0) is 22.6 Å². The Morgan fingerprint density at radius 3 is 2.67 bits per heavy atom. The van der Waals surface area contributed by atoms with E-state index in [1.165, 1.54) is 0 Å². The lowest BCUT2D eigenvalue weighted by atomic mass is 10.1. The first-order valence-corrected chi connectivity index (χ1v) is 10.8. The summed E-state index contributed by atoms with van der Waals surface area (Å²) in [4.78, 5) is 31.7. The summed E-state index contributed by atoms with van der Waals surface area (Å²) in [6.07, 6.45) is 3.12. The third-order valence-corrected chi connectivity index (χ3v) is 5.58. The molecule has 2 amide bonds. The molecule has 8 nitrogen and oxygen atoms in total. The minimum absolute atomic E-state index is 0.228. The zero-order chi connectivity index (χ0) is 21.3. The number of guanidine groups is 1. The fraction of sp³-hybridized carbons (Fsp3) is 0.591. The molecule has 0 bridgehead atoms. The molecular weight excluding hydrogens is 382 g/mol. The largest absolute Gasteiger partial charge is 0.450 e. The number of likely N-dealkylation sites (tertiary alicyclic amines) is 2. The van der Waals surface area contributed by atoms with Gasteiger partial charge in [-0.05, 0) is 37.3 Å². The van der Waals surface area contributed by atoms with Gasteiger partial charge in [0.2, 0.25) is 5.91 Å². The van der Waals surface area contributed by atoms with Crippen molar-refractivity contribution in [2.24, 2.45) is 4.99 Å². The first-order valence-electron chi connectivity index (χ1n) is 10.8. The minimum atomic E-state index is -0.228. The Morgan fingerprint density at radius 2 is 2.00 bits per heavy atom. The van der Waals surface area contributed by atoms with E-state index in [2.05, 4.69) is 33.8 Å². The molecule has 0 spiro atoms. The molecule has 164 valence electrons. The average Bonchev–Trinajstić information content (AvgIpc) is 3.16. The molecule has 8 heteroatoms. The Morgan fingerprint density at radius 1 is 1.23 bits per heavy atom. The van der Waals surface area contributed by atoms with E-state index in [1.54, 1.807) is 11.9 Å². The van der Waals surface area contributed by atoms with Gasteiger partial charge in [0.15, 0.2) is 5.96 Å². The SMILES string of the molecule is CCOC(=O)N1CCC(NC(=NC)NCc2cccc(CN3CCCC3=O)c2)CC1. The molecule has 0 aromatic heterocycles. The standard InChI is InChI=1S/C22H33N5O3/c1-3-30-22(29)26-12-9-19(10-13-26)25-21(23-2)24-15-17-6-4-7-18(14-17)16-27-11-5-8-20(27)28/h4,6-7,14,19H,3,5,8-13,15-16H2,1-2H3,(H2,23,24,25). The van der Waals surface area contributed by atoms with Crippen LogP contribution in [0.4, 0.5) is 4.79 Å². The number of nitrogens with one attached hydrogen (secondary N) is 2. The number of aliphatic imine (C=N–C) groups is 1. The van der Waals surface area contributed by atoms with Crippen LogP contribution in [0, 0.1) is 0 Å². The highest BCUT2D eigenvalue weighted by Crippen LogP contribution is 2.15. The Kier molecular flexibility index (Phi) is 7.93. The van der Waals surface area contributed by atoms with Crippen molar-refractivity contribution in [3.63, 3.8) is 0 Å². The molecular formula is C22H33N5O3. The van der Waals surface area contributed by atoms with Crippen molar-refractivity contribution in [1.82, 2.24) is 20.4 Å². The van der Waals surface area contributed by atoms with Crippen molar-refractivity contribution < 1.29 is 14.3 Å². The van der Waals surface area contributed by atoms with Crippen LogP contribution in [0.1, 0.15) is 43.7 Å². The molecule has 0 atom stereocenters. The lowest BCUT2D eigenvalue weighted by molar-refractivity contribution is -0.128. The second-order valence-corrected chi connectivity index (χ2v) is 7.77. The van der Waals surface area contributed by atoms with E-state index in [0.29, 0.717) is 39.2 Å². The molecule has 0 saturated carbocycles. The van der Waals surface area contributed by atoms with Gasteiger partial charge in [-0.15, -0.1) is 0 Å². The molecule has 30 heavy (non-hydrogen) atoms. The summed E-state index contributed by atoms with van der Waals surface area (Å²) < 4.78 is 5.07. The van der Waals surface area contributed by atoms with E-state index in [-0.39, 0.29) is 18.0 Å². The maximum Gasteiger partial charge on any atom is 0.409 e. The lowest BCUT2D eigenvalue weighted by Crippen LogP contribution is -2.49. The number of benzene rings is 1. The van der Waals surface area contributed by atoms with Gasteiger partial charge in [0.05, 0.1) is 6.61 Å². The van der Waals surface area contributed by atoms with E-state index in [0.717, 1.165) is 42.9 Å². The van der Waals surface area contributed by atoms with Crippen LogP contribution in [0.25, 0.3) is 0 Å². The van der Waals surface area contributed by atoms with Gasteiger partial charge in [0, 0.05) is 52.2 Å².